The minimum absolute atomic E-state index is 0.270. The Kier molecular flexibility index (Phi) is 7.18. The molecule has 2 aliphatic rings. The number of carbonyl (C=O) groups excluding carboxylic acids is 1. The van der Waals surface area contributed by atoms with Gasteiger partial charge in [-0.05, 0) is 26.8 Å². The number of morpholine rings is 1. The van der Waals surface area contributed by atoms with E-state index in [-0.39, 0.29) is 6.09 Å². The molecule has 0 aromatic heterocycles. The van der Waals surface area contributed by atoms with Crippen molar-refractivity contribution in [3.8, 4) is 5.75 Å². The summed E-state index contributed by atoms with van der Waals surface area (Å²) in [5, 5.41) is 0. The number of nitrogens with zero attached hydrogens (tertiary/aromatic N) is 3. The zero-order chi connectivity index (χ0) is 20.9. The maximum atomic E-state index is 13.0. The van der Waals surface area contributed by atoms with E-state index in [0.29, 0.717) is 38.6 Å². The molecule has 0 saturated carbocycles. The molecule has 0 N–H and O–H groups in total. The zero-order valence-electron chi connectivity index (χ0n) is 17.7. The quantitative estimate of drug-likeness (QED) is 0.746. The number of halogens is 1. The Morgan fingerprint density at radius 2 is 1.79 bits per heavy atom. The van der Waals surface area contributed by atoms with Gasteiger partial charge < -0.3 is 24.0 Å². The summed E-state index contributed by atoms with van der Waals surface area (Å²) in [5.41, 5.74) is 1.48. The first-order valence-corrected chi connectivity index (χ1v) is 10.2. The second kappa shape index (κ2) is 9.63. The third-order valence-corrected chi connectivity index (χ3v) is 5.05. The van der Waals surface area contributed by atoms with Gasteiger partial charge in [-0.25, -0.2) is 9.18 Å². The molecule has 3 rings (SSSR count). The lowest BCUT2D eigenvalue weighted by atomic mass is 10.1. The van der Waals surface area contributed by atoms with Crippen LogP contribution in [-0.2, 0) is 16.0 Å². The minimum Gasteiger partial charge on any atom is -0.463 e. The molecule has 2 fully saturated rings. The van der Waals surface area contributed by atoms with Gasteiger partial charge in [0.15, 0.2) is 0 Å². The summed E-state index contributed by atoms with van der Waals surface area (Å²) in [6.45, 7) is 11.1. The monoisotopic (exact) mass is 409 g/mol. The van der Waals surface area contributed by atoms with E-state index in [4.69, 9.17) is 14.2 Å². The van der Waals surface area contributed by atoms with Gasteiger partial charge in [-0.2, -0.15) is 0 Å². The second-order valence-electron chi connectivity index (χ2n) is 8.39. The van der Waals surface area contributed by atoms with Crippen LogP contribution in [0, 0.1) is 0 Å². The van der Waals surface area contributed by atoms with Crippen LogP contribution in [0.1, 0.15) is 26.3 Å². The van der Waals surface area contributed by atoms with Crippen LogP contribution in [-0.4, -0.2) is 80.8 Å². The van der Waals surface area contributed by atoms with Crippen molar-refractivity contribution in [3.63, 3.8) is 0 Å². The Hall–Kier alpha value is -2.06. The molecule has 2 saturated heterocycles. The van der Waals surface area contributed by atoms with Crippen LogP contribution in [0.4, 0.5) is 14.9 Å². The molecule has 2 heterocycles. The molecular weight excluding hydrogens is 377 g/mol. The number of amides is 1. The summed E-state index contributed by atoms with van der Waals surface area (Å²) in [5.74, 6) is 0.575. The largest absolute Gasteiger partial charge is 0.463 e. The molecule has 0 bridgehead atoms. The molecule has 0 spiro atoms. The van der Waals surface area contributed by atoms with Crippen LogP contribution in [0.2, 0.25) is 0 Å². The standard InChI is InChI=1S/C21H32FN3O4/c1-21(2,3)29-20(26)25-8-6-23(7-9-25)15-17-4-5-18(14-19(17)28-16-22)24-10-12-27-13-11-24/h4-5,14H,6-13,15-16H2,1-3H3. The summed E-state index contributed by atoms with van der Waals surface area (Å²) < 4.78 is 29.1. The molecule has 162 valence electrons. The zero-order valence-corrected chi connectivity index (χ0v) is 17.7. The topological polar surface area (TPSA) is 54.5 Å². The fraction of sp³-hybridized carbons (Fsp3) is 0.667. The fourth-order valence-corrected chi connectivity index (χ4v) is 3.54. The first-order chi connectivity index (χ1) is 13.9. The lowest BCUT2D eigenvalue weighted by molar-refractivity contribution is 0.0138. The molecule has 7 nitrogen and oxygen atoms in total. The van der Waals surface area contributed by atoms with Crippen molar-refractivity contribution in [2.24, 2.45) is 0 Å². The first-order valence-electron chi connectivity index (χ1n) is 10.2. The maximum Gasteiger partial charge on any atom is 0.410 e. The average molecular weight is 410 g/mol. The van der Waals surface area contributed by atoms with Gasteiger partial charge in [0.1, 0.15) is 11.4 Å². The van der Waals surface area contributed by atoms with Crippen LogP contribution in [0.3, 0.4) is 0 Å². The summed E-state index contributed by atoms with van der Waals surface area (Å²) in [6, 6.07) is 5.98. The summed E-state index contributed by atoms with van der Waals surface area (Å²) in [6.07, 6.45) is -0.270. The van der Waals surface area contributed by atoms with Crippen molar-refractivity contribution < 1.29 is 23.4 Å². The highest BCUT2D eigenvalue weighted by Gasteiger charge is 2.26. The van der Waals surface area contributed by atoms with E-state index in [1.165, 1.54) is 0 Å². The van der Waals surface area contributed by atoms with E-state index < -0.39 is 12.5 Å². The minimum atomic E-state index is -0.855. The lowest BCUT2D eigenvalue weighted by Crippen LogP contribution is -2.49. The van der Waals surface area contributed by atoms with Gasteiger partial charge in [-0.15, -0.1) is 0 Å². The van der Waals surface area contributed by atoms with Crippen molar-refractivity contribution >= 4 is 11.8 Å². The number of alkyl halides is 1. The van der Waals surface area contributed by atoms with E-state index in [9.17, 15) is 9.18 Å². The number of carbonyl (C=O) groups is 1. The number of piperazine rings is 1. The number of ether oxygens (including phenoxy) is 3. The van der Waals surface area contributed by atoms with E-state index >= 15 is 0 Å². The Bertz CT molecular complexity index is 681. The van der Waals surface area contributed by atoms with E-state index in [1.807, 2.05) is 32.9 Å². The fourth-order valence-electron chi connectivity index (χ4n) is 3.54. The van der Waals surface area contributed by atoms with Gasteiger partial charge in [0, 0.05) is 63.1 Å². The third kappa shape index (κ3) is 6.21. The number of anilines is 1. The van der Waals surface area contributed by atoms with Crippen LogP contribution in [0.25, 0.3) is 0 Å². The number of hydrogen-bond donors (Lipinski definition) is 0. The summed E-state index contributed by atoms with van der Waals surface area (Å²) in [4.78, 5) is 18.4. The van der Waals surface area contributed by atoms with Crippen LogP contribution >= 0.6 is 0 Å². The molecule has 8 heteroatoms. The third-order valence-electron chi connectivity index (χ3n) is 5.05. The van der Waals surface area contributed by atoms with Gasteiger partial charge >= 0.3 is 6.09 Å². The predicted octanol–water partition coefficient (Wildman–Crippen LogP) is 2.88. The van der Waals surface area contributed by atoms with Crippen molar-refractivity contribution in [2.45, 2.75) is 32.9 Å². The Morgan fingerprint density at radius 3 is 2.41 bits per heavy atom. The smallest absolute Gasteiger partial charge is 0.410 e. The van der Waals surface area contributed by atoms with Crippen LogP contribution in [0.5, 0.6) is 5.75 Å². The molecule has 1 aromatic rings. The van der Waals surface area contributed by atoms with Crippen molar-refractivity contribution in [3.05, 3.63) is 23.8 Å². The Labute approximate surface area is 172 Å². The van der Waals surface area contributed by atoms with Gasteiger partial charge in [-0.3, -0.25) is 4.90 Å². The predicted molar refractivity (Wildman–Crippen MR) is 109 cm³/mol. The van der Waals surface area contributed by atoms with E-state index in [0.717, 1.165) is 37.4 Å². The number of benzene rings is 1. The molecule has 29 heavy (non-hydrogen) atoms. The van der Waals surface area contributed by atoms with Crippen molar-refractivity contribution in [2.75, 3.05) is 64.2 Å². The van der Waals surface area contributed by atoms with Crippen molar-refractivity contribution in [1.82, 2.24) is 9.80 Å². The summed E-state index contributed by atoms with van der Waals surface area (Å²) >= 11 is 0. The highest BCUT2D eigenvalue weighted by Crippen LogP contribution is 2.28. The molecule has 0 radical (unpaired) electrons. The molecule has 0 aliphatic carbocycles. The molecule has 1 aromatic carbocycles. The average Bonchev–Trinajstić information content (AvgIpc) is 2.69. The molecule has 0 atom stereocenters. The molecular formula is C21H32FN3O4. The van der Waals surface area contributed by atoms with Gasteiger partial charge in [0.05, 0.1) is 13.2 Å². The van der Waals surface area contributed by atoms with Crippen LogP contribution < -0.4 is 9.64 Å². The molecule has 2 aliphatic heterocycles. The van der Waals surface area contributed by atoms with Gasteiger partial charge in [0.25, 0.3) is 0 Å². The SMILES string of the molecule is CC(C)(C)OC(=O)N1CCN(Cc2ccc(N3CCOCC3)cc2OCF)CC1. The number of hydrogen-bond acceptors (Lipinski definition) is 6. The highest BCUT2D eigenvalue weighted by atomic mass is 19.1. The van der Waals surface area contributed by atoms with Gasteiger partial charge in [-0.1, -0.05) is 6.07 Å². The number of rotatable bonds is 5. The maximum absolute atomic E-state index is 13.0. The van der Waals surface area contributed by atoms with Crippen LogP contribution in [0.15, 0.2) is 18.2 Å². The highest BCUT2D eigenvalue weighted by molar-refractivity contribution is 5.68. The van der Waals surface area contributed by atoms with Gasteiger partial charge in [0.2, 0.25) is 6.86 Å². The molecule has 0 unspecified atom stereocenters. The summed E-state index contributed by atoms with van der Waals surface area (Å²) in [7, 11) is 0. The first kappa shape index (κ1) is 21.6. The lowest BCUT2D eigenvalue weighted by Gasteiger charge is -2.36. The van der Waals surface area contributed by atoms with E-state index in [1.54, 1.807) is 4.90 Å². The Morgan fingerprint density at radius 1 is 1.10 bits per heavy atom. The normalized spacial score (nSPS) is 18.6. The second-order valence-corrected chi connectivity index (χ2v) is 8.39. The van der Waals surface area contributed by atoms with E-state index in [2.05, 4.69) is 15.9 Å². The molecule has 1 amide bonds. The van der Waals surface area contributed by atoms with Crippen molar-refractivity contribution in [1.29, 1.82) is 0 Å². The Balaban J connectivity index is 1.59.